The SMILES string of the molecule is COc1ccc(NC(=O)CN2C(=O)S/C(=C/c3ccc(O)c(OC)c3)C2=O)cc1. The smallest absolute Gasteiger partial charge is 0.294 e. The lowest BCUT2D eigenvalue weighted by Gasteiger charge is -2.12. The molecule has 2 N–H and O–H groups in total. The summed E-state index contributed by atoms with van der Waals surface area (Å²) in [6, 6.07) is 11.2. The number of phenolic OH excluding ortho intramolecular Hbond substituents is 1. The maximum absolute atomic E-state index is 12.6. The van der Waals surface area contributed by atoms with Crippen LogP contribution in [0.5, 0.6) is 17.2 Å². The van der Waals surface area contributed by atoms with E-state index in [-0.39, 0.29) is 16.4 Å². The van der Waals surface area contributed by atoms with Crippen molar-refractivity contribution in [3.8, 4) is 17.2 Å². The van der Waals surface area contributed by atoms with Crippen LogP contribution >= 0.6 is 11.8 Å². The van der Waals surface area contributed by atoms with Crippen LogP contribution in [0.15, 0.2) is 47.4 Å². The van der Waals surface area contributed by atoms with E-state index in [1.807, 2.05) is 0 Å². The number of hydrogen-bond acceptors (Lipinski definition) is 7. The topological polar surface area (TPSA) is 105 Å². The van der Waals surface area contributed by atoms with Crippen molar-refractivity contribution in [1.29, 1.82) is 0 Å². The van der Waals surface area contributed by atoms with Crippen LogP contribution in [0.3, 0.4) is 0 Å². The molecule has 3 amide bonds. The van der Waals surface area contributed by atoms with Crippen molar-refractivity contribution in [3.05, 3.63) is 52.9 Å². The molecule has 1 heterocycles. The Balaban J connectivity index is 1.69. The van der Waals surface area contributed by atoms with Gasteiger partial charge in [0.2, 0.25) is 5.91 Å². The van der Waals surface area contributed by atoms with Gasteiger partial charge in [0.1, 0.15) is 12.3 Å². The molecule has 0 radical (unpaired) electrons. The number of nitrogens with one attached hydrogen (secondary N) is 1. The fourth-order valence-electron chi connectivity index (χ4n) is 2.59. The van der Waals surface area contributed by atoms with Gasteiger partial charge in [-0.3, -0.25) is 19.3 Å². The molecule has 0 unspecified atom stereocenters. The number of phenols is 1. The molecule has 0 aliphatic carbocycles. The Hall–Kier alpha value is -3.46. The summed E-state index contributed by atoms with van der Waals surface area (Å²) in [5, 5.41) is 11.8. The summed E-state index contributed by atoms with van der Waals surface area (Å²) in [5.41, 5.74) is 1.10. The molecule has 1 fully saturated rings. The first kappa shape index (κ1) is 20.3. The largest absolute Gasteiger partial charge is 0.504 e. The van der Waals surface area contributed by atoms with Crippen molar-refractivity contribution in [2.45, 2.75) is 0 Å². The van der Waals surface area contributed by atoms with Crippen molar-refractivity contribution >= 4 is 40.6 Å². The van der Waals surface area contributed by atoms with E-state index in [4.69, 9.17) is 9.47 Å². The molecule has 150 valence electrons. The standard InChI is InChI=1S/C20H18N2O6S/c1-27-14-6-4-13(5-7-14)21-18(24)11-22-19(25)17(29-20(22)26)10-12-3-8-15(23)16(9-12)28-2/h3-10,23H,11H2,1-2H3,(H,21,24)/b17-10+. The Morgan fingerprint density at radius 3 is 2.52 bits per heavy atom. The lowest BCUT2D eigenvalue weighted by atomic mass is 10.2. The Morgan fingerprint density at radius 2 is 1.86 bits per heavy atom. The molecule has 1 saturated heterocycles. The highest BCUT2D eigenvalue weighted by atomic mass is 32.2. The first-order valence-corrected chi connectivity index (χ1v) is 9.29. The Morgan fingerprint density at radius 1 is 1.14 bits per heavy atom. The maximum Gasteiger partial charge on any atom is 0.294 e. The molecule has 3 rings (SSSR count). The lowest BCUT2D eigenvalue weighted by Crippen LogP contribution is -2.36. The van der Waals surface area contributed by atoms with E-state index in [1.165, 1.54) is 26.4 Å². The van der Waals surface area contributed by atoms with Gasteiger partial charge in [-0.15, -0.1) is 0 Å². The number of rotatable bonds is 6. The van der Waals surface area contributed by atoms with Gasteiger partial charge in [0, 0.05) is 5.69 Å². The van der Waals surface area contributed by atoms with Gasteiger partial charge in [-0.1, -0.05) is 6.07 Å². The average Bonchev–Trinajstić information content (AvgIpc) is 2.97. The van der Waals surface area contributed by atoms with Gasteiger partial charge in [-0.25, -0.2) is 0 Å². The van der Waals surface area contributed by atoms with Crippen LogP contribution in [0.2, 0.25) is 0 Å². The first-order chi connectivity index (χ1) is 13.9. The van der Waals surface area contributed by atoms with E-state index in [0.717, 1.165) is 16.7 Å². The van der Waals surface area contributed by atoms with Crippen LogP contribution in [0.4, 0.5) is 10.5 Å². The summed E-state index contributed by atoms with van der Waals surface area (Å²) < 4.78 is 10.1. The molecule has 8 nitrogen and oxygen atoms in total. The highest BCUT2D eigenvalue weighted by Crippen LogP contribution is 2.34. The molecule has 9 heteroatoms. The number of hydrogen-bond donors (Lipinski definition) is 2. The number of imide groups is 1. The minimum atomic E-state index is -0.558. The molecule has 1 aliphatic rings. The van der Waals surface area contributed by atoms with Gasteiger partial charge >= 0.3 is 0 Å². The maximum atomic E-state index is 12.6. The molecule has 29 heavy (non-hydrogen) atoms. The molecule has 0 spiro atoms. The molecule has 2 aromatic carbocycles. The van der Waals surface area contributed by atoms with Crippen LogP contribution in [0.25, 0.3) is 6.08 Å². The van der Waals surface area contributed by atoms with Crippen molar-refractivity contribution < 1.29 is 29.0 Å². The second-order valence-electron chi connectivity index (χ2n) is 5.98. The monoisotopic (exact) mass is 414 g/mol. The van der Waals surface area contributed by atoms with Gasteiger partial charge in [0.15, 0.2) is 11.5 Å². The molecule has 0 saturated carbocycles. The number of thioether (sulfide) groups is 1. The Labute approximate surface area is 171 Å². The van der Waals surface area contributed by atoms with E-state index >= 15 is 0 Å². The Kier molecular flexibility index (Phi) is 6.08. The minimum absolute atomic E-state index is 0.0343. The molecular weight excluding hydrogens is 396 g/mol. The van der Waals surface area contributed by atoms with Gasteiger partial charge in [-0.05, 0) is 59.8 Å². The number of aromatic hydroxyl groups is 1. The first-order valence-electron chi connectivity index (χ1n) is 8.47. The number of carbonyl (C=O) groups is 3. The number of methoxy groups -OCH3 is 2. The molecule has 0 atom stereocenters. The third-order valence-electron chi connectivity index (χ3n) is 4.05. The van der Waals surface area contributed by atoms with Crippen molar-refractivity contribution in [2.24, 2.45) is 0 Å². The van der Waals surface area contributed by atoms with Crippen LogP contribution in [0, 0.1) is 0 Å². The van der Waals surface area contributed by atoms with Crippen molar-refractivity contribution in [3.63, 3.8) is 0 Å². The predicted octanol–water partition coefficient (Wildman–Crippen LogP) is 3.08. The molecular formula is C20H18N2O6S. The molecule has 1 aliphatic heterocycles. The highest BCUT2D eigenvalue weighted by molar-refractivity contribution is 8.18. The normalized spacial score (nSPS) is 15.0. The van der Waals surface area contributed by atoms with Gasteiger partial charge in [-0.2, -0.15) is 0 Å². The van der Waals surface area contributed by atoms with E-state index in [9.17, 15) is 19.5 Å². The molecule has 2 aromatic rings. The minimum Gasteiger partial charge on any atom is -0.504 e. The summed E-state index contributed by atoms with van der Waals surface area (Å²) in [5.74, 6) is -0.198. The van der Waals surface area contributed by atoms with E-state index in [1.54, 1.807) is 36.4 Å². The second-order valence-corrected chi connectivity index (χ2v) is 6.97. The number of anilines is 1. The van der Waals surface area contributed by atoms with E-state index < -0.39 is 23.6 Å². The van der Waals surface area contributed by atoms with E-state index in [0.29, 0.717) is 17.0 Å². The summed E-state index contributed by atoms with van der Waals surface area (Å²) in [6.07, 6.45) is 1.51. The number of benzene rings is 2. The third-order valence-corrected chi connectivity index (χ3v) is 4.96. The molecule has 0 bridgehead atoms. The predicted molar refractivity (Wildman–Crippen MR) is 109 cm³/mol. The van der Waals surface area contributed by atoms with Gasteiger partial charge in [0.25, 0.3) is 11.1 Å². The summed E-state index contributed by atoms with van der Waals surface area (Å²) in [4.78, 5) is 38.1. The van der Waals surface area contributed by atoms with Crippen LogP contribution in [-0.2, 0) is 9.59 Å². The zero-order valence-corrected chi connectivity index (χ0v) is 16.5. The molecule has 0 aromatic heterocycles. The van der Waals surface area contributed by atoms with Crippen LogP contribution < -0.4 is 14.8 Å². The number of carbonyl (C=O) groups excluding carboxylic acids is 3. The zero-order chi connectivity index (χ0) is 21.0. The highest BCUT2D eigenvalue weighted by Gasteiger charge is 2.36. The van der Waals surface area contributed by atoms with Gasteiger partial charge < -0.3 is 19.9 Å². The fraction of sp³-hybridized carbons (Fsp3) is 0.150. The summed E-state index contributed by atoms with van der Waals surface area (Å²) >= 11 is 0.746. The zero-order valence-electron chi connectivity index (χ0n) is 15.7. The fourth-order valence-corrected chi connectivity index (χ4v) is 3.43. The number of nitrogens with zero attached hydrogens (tertiary/aromatic N) is 1. The second kappa shape index (κ2) is 8.70. The third kappa shape index (κ3) is 4.69. The number of amides is 3. The van der Waals surface area contributed by atoms with Gasteiger partial charge in [0.05, 0.1) is 19.1 Å². The average molecular weight is 414 g/mol. The Bertz CT molecular complexity index is 987. The summed E-state index contributed by atoms with van der Waals surface area (Å²) in [6.45, 7) is -0.396. The van der Waals surface area contributed by atoms with Crippen molar-refractivity contribution in [1.82, 2.24) is 4.90 Å². The van der Waals surface area contributed by atoms with Crippen LogP contribution in [-0.4, -0.2) is 47.8 Å². The van der Waals surface area contributed by atoms with E-state index in [2.05, 4.69) is 5.32 Å². The quantitative estimate of drug-likeness (QED) is 0.700. The van der Waals surface area contributed by atoms with Crippen LogP contribution in [0.1, 0.15) is 5.56 Å². The number of ether oxygens (including phenoxy) is 2. The lowest BCUT2D eigenvalue weighted by molar-refractivity contribution is -0.127. The van der Waals surface area contributed by atoms with Crippen molar-refractivity contribution in [2.75, 3.05) is 26.1 Å². The summed E-state index contributed by atoms with van der Waals surface area (Å²) in [7, 11) is 2.95.